The summed E-state index contributed by atoms with van der Waals surface area (Å²) in [6, 6.07) is 0. The van der Waals surface area contributed by atoms with E-state index in [1.165, 1.54) is 0 Å². The molecule has 0 saturated carbocycles. The molecule has 1 rings (SSSR count). The molecule has 0 radical (unpaired) electrons. The lowest BCUT2D eigenvalue weighted by Crippen LogP contribution is -2.32. The van der Waals surface area contributed by atoms with Gasteiger partial charge in [-0.3, -0.25) is 0 Å². The predicted molar refractivity (Wildman–Crippen MR) is 74.0 cm³/mol. The molecule has 1 heterocycles. The summed E-state index contributed by atoms with van der Waals surface area (Å²) < 4.78 is 54.5. The molecular formula is C12H14BrClF4N2O. The molecule has 9 heteroatoms. The van der Waals surface area contributed by atoms with Gasteiger partial charge < -0.3 is 4.74 Å². The first kappa shape index (κ1) is 18.6. The maximum atomic E-state index is 12.7. The van der Waals surface area contributed by atoms with E-state index in [2.05, 4.69) is 30.6 Å². The van der Waals surface area contributed by atoms with Gasteiger partial charge in [0, 0.05) is 5.41 Å². The van der Waals surface area contributed by atoms with Crippen molar-refractivity contribution in [2.75, 3.05) is 6.61 Å². The van der Waals surface area contributed by atoms with Crippen LogP contribution in [-0.2, 0) is 16.8 Å². The maximum absolute atomic E-state index is 12.7. The Hall–Kier alpha value is -0.470. The van der Waals surface area contributed by atoms with E-state index in [9.17, 15) is 17.6 Å². The molecule has 0 bridgehead atoms. The highest BCUT2D eigenvalue weighted by atomic mass is 79.9. The monoisotopic (exact) mass is 392 g/mol. The van der Waals surface area contributed by atoms with E-state index in [-0.39, 0.29) is 16.4 Å². The number of aromatic nitrogens is 2. The molecule has 0 aliphatic rings. The van der Waals surface area contributed by atoms with Gasteiger partial charge in [0.05, 0.1) is 10.2 Å². The lowest BCUT2D eigenvalue weighted by Gasteiger charge is -2.21. The molecule has 0 aliphatic heterocycles. The Morgan fingerprint density at radius 2 is 1.81 bits per heavy atom. The number of hydrogen-bond acceptors (Lipinski definition) is 3. The molecular weight excluding hydrogens is 379 g/mol. The zero-order valence-electron chi connectivity index (χ0n) is 11.6. The van der Waals surface area contributed by atoms with Crippen molar-refractivity contribution in [3.8, 4) is 0 Å². The minimum Gasteiger partial charge on any atom is -0.367 e. The fourth-order valence-electron chi connectivity index (χ4n) is 1.37. The average Bonchev–Trinajstić information content (AvgIpc) is 2.31. The van der Waals surface area contributed by atoms with Crippen LogP contribution in [-0.4, -0.2) is 28.9 Å². The Morgan fingerprint density at radius 1 is 1.24 bits per heavy atom. The van der Waals surface area contributed by atoms with Crippen LogP contribution in [0.2, 0.25) is 5.15 Å². The van der Waals surface area contributed by atoms with Gasteiger partial charge in [-0.05, 0) is 15.9 Å². The largest absolute Gasteiger partial charge is 0.367 e. The Kier molecular flexibility index (Phi) is 5.97. The third kappa shape index (κ3) is 5.03. The molecule has 0 aromatic carbocycles. The summed E-state index contributed by atoms with van der Waals surface area (Å²) in [5.74, 6) is -4.15. The summed E-state index contributed by atoms with van der Waals surface area (Å²) in [7, 11) is 0. The number of rotatable bonds is 5. The van der Waals surface area contributed by atoms with Gasteiger partial charge in [-0.15, -0.1) is 0 Å². The first-order valence-corrected chi connectivity index (χ1v) is 7.08. The predicted octanol–water partition coefficient (Wildman–Crippen LogP) is 4.61. The van der Waals surface area contributed by atoms with Gasteiger partial charge in [0.25, 0.3) is 0 Å². The Balaban J connectivity index is 2.84. The fourth-order valence-corrected chi connectivity index (χ4v) is 2.33. The average molecular weight is 394 g/mol. The van der Waals surface area contributed by atoms with Crippen molar-refractivity contribution in [1.82, 2.24) is 9.97 Å². The fraction of sp³-hybridized carbons (Fsp3) is 0.667. The normalized spacial score (nSPS) is 13.0. The molecule has 1 aromatic rings. The second kappa shape index (κ2) is 6.75. The van der Waals surface area contributed by atoms with Crippen LogP contribution in [0.3, 0.4) is 0 Å². The van der Waals surface area contributed by atoms with Crippen LogP contribution in [0.15, 0.2) is 4.47 Å². The molecule has 0 atom stereocenters. The SMILES string of the molecule is CC(C)(C)c1nc(COCC(F)(F)C(F)F)nc(Cl)c1Br. The number of hydrogen-bond donors (Lipinski definition) is 0. The van der Waals surface area contributed by atoms with Crippen LogP contribution < -0.4 is 0 Å². The molecule has 0 saturated heterocycles. The zero-order chi connectivity index (χ0) is 16.4. The molecule has 0 aliphatic carbocycles. The van der Waals surface area contributed by atoms with E-state index in [0.717, 1.165) is 0 Å². The van der Waals surface area contributed by atoms with Crippen molar-refractivity contribution in [3.63, 3.8) is 0 Å². The van der Waals surface area contributed by atoms with Gasteiger partial charge in [0.15, 0.2) is 5.82 Å². The van der Waals surface area contributed by atoms with Crippen LogP contribution in [0.4, 0.5) is 17.6 Å². The van der Waals surface area contributed by atoms with Gasteiger partial charge in [0.1, 0.15) is 18.4 Å². The number of alkyl halides is 4. The minimum atomic E-state index is -4.20. The van der Waals surface area contributed by atoms with E-state index in [1.807, 2.05) is 20.8 Å². The second-order valence-corrected chi connectivity index (χ2v) is 6.55. The van der Waals surface area contributed by atoms with Gasteiger partial charge in [-0.1, -0.05) is 32.4 Å². The number of ether oxygens (including phenoxy) is 1. The van der Waals surface area contributed by atoms with Gasteiger partial charge in [0.2, 0.25) is 0 Å². The maximum Gasteiger partial charge on any atom is 0.330 e. The molecule has 120 valence electrons. The summed E-state index contributed by atoms with van der Waals surface area (Å²) in [5.41, 5.74) is 0.203. The van der Waals surface area contributed by atoms with E-state index >= 15 is 0 Å². The Morgan fingerprint density at radius 3 is 2.29 bits per heavy atom. The Bertz CT molecular complexity index is 509. The highest BCUT2D eigenvalue weighted by Gasteiger charge is 2.41. The van der Waals surface area contributed by atoms with E-state index < -0.39 is 25.6 Å². The van der Waals surface area contributed by atoms with Crippen LogP contribution in [0.1, 0.15) is 32.3 Å². The van der Waals surface area contributed by atoms with E-state index in [4.69, 9.17) is 11.6 Å². The van der Waals surface area contributed by atoms with Crippen LogP contribution in [0.25, 0.3) is 0 Å². The van der Waals surface area contributed by atoms with Crippen LogP contribution in [0.5, 0.6) is 0 Å². The van der Waals surface area contributed by atoms with Gasteiger partial charge >= 0.3 is 12.3 Å². The lowest BCUT2D eigenvalue weighted by atomic mass is 9.92. The second-order valence-electron chi connectivity index (χ2n) is 5.40. The highest BCUT2D eigenvalue weighted by Crippen LogP contribution is 2.32. The van der Waals surface area contributed by atoms with Crippen molar-refractivity contribution in [3.05, 3.63) is 21.1 Å². The Labute approximate surface area is 133 Å². The van der Waals surface area contributed by atoms with Crippen molar-refractivity contribution < 1.29 is 22.3 Å². The summed E-state index contributed by atoms with van der Waals surface area (Å²) in [6.07, 6.45) is -3.78. The minimum absolute atomic E-state index is 0.0539. The van der Waals surface area contributed by atoms with Crippen molar-refractivity contribution >= 4 is 27.5 Å². The third-order valence-electron chi connectivity index (χ3n) is 2.41. The molecule has 0 spiro atoms. The number of nitrogens with zero attached hydrogens (tertiary/aromatic N) is 2. The molecule has 3 nitrogen and oxygen atoms in total. The molecule has 0 fully saturated rings. The molecule has 0 amide bonds. The molecule has 21 heavy (non-hydrogen) atoms. The summed E-state index contributed by atoms with van der Waals surface area (Å²) in [4.78, 5) is 8.03. The van der Waals surface area contributed by atoms with E-state index in [1.54, 1.807) is 0 Å². The van der Waals surface area contributed by atoms with Crippen molar-refractivity contribution in [1.29, 1.82) is 0 Å². The van der Waals surface area contributed by atoms with E-state index in [0.29, 0.717) is 10.2 Å². The van der Waals surface area contributed by atoms with Crippen molar-refractivity contribution in [2.45, 2.75) is 45.1 Å². The molecule has 1 aromatic heterocycles. The van der Waals surface area contributed by atoms with Gasteiger partial charge in [-0.2, -0.15) is 8.78 Å². The smallest absolute Gasteiger partial charge is 0.330 e. The zero-order valence-corrected chi connectivity index (χ0v) is 13.9. The highest BCUT2D eigenvalue weighted by molar-refractivity contribution is 9.10. The standard InChI is InChI=1S/C12H14BrClF4N2O/c1-11(2,3)8-7(13)9(14)20-6(19-8)4-21-5-12(17,18)10(15)16/h10H,4-5H2,1-3H3. The first-order valence-electron chi connectivity index (χ1n) is 5.91. The molecule has 0 unspecified atom stereocenters. The van der Waals surface area contributed by atoms with Crippen molar-refractivity contribution in [2.24, 2.45) is 0 Å². The third-order valence-corrected chi connectivity index (χ3v) is 3.67. The number of halogens is 6. The quantitative estimate of drug-likeness (QED) is 0.541. The summed E-state index contributed by atoms with van der Waals surface area (Å²) >= 11 is 9.17. The van der Waals surface area contributed by atoms with Gasteiger partial charge in [-0.25, -0.2) is 18.7 Å². The topological polar surface area (TPSA) is 35.0 Å². The molecule has 0 N–H and O–H groups in total. The van der Waals surface area contributed by atoms with Crippen LogP contribution >= 0.6 is 27.5 Å². The summed E-state index contributed by atoms with van der Waals surface area (Å²) in [6.45, 7) is 3.80. The lowest BCUT2D eigenvalue weighted by molar-refractivity contribution is -0.168. The summed E-state index contributed by atoms with van der Waals surface area (Å²) in [5, 5.41) is 0.106. The first-order chi connectivity index (χ1) is 9.45. The van der Waals surface area contributed by atoms with Crippen LogP contribution in [0, 0.1) is 0 Å².